The number of carbonyl (C=O) groups is 3. The number of H-pyrrole nitrogens is 1. The molecule has 0 saturated carbocycles. The topological polar surface area (TPSA) is 109 Å². The molecule has 242 valence electrons. The van der Waals surface area contributed by atoms with Crippen molar-refractivity contribution in [1.29, 1.82) is 0 Å². The fourth-order valence-electron chi connectivity index (χ4n) is 7.45. The van der Waals surface area contributed by atoms with Crippen molar-refractivity contribution in [3.63, 3.8) is 0 Å². The van der Waals surface area contributed by atoms with Crippen molar-refractivity contribution in [1.82, 2.24) is 9.88 Å². The third-order valence-electron chi connectivity index (χ3n) is 9.75. The van der Waals surface area contributed by atoms with Gasteiger partial charge >= 0.3 is 18.2 Å². The molecule has 0 unspecified atom stereocenters. The second-order valence-electron chi connectivity index (χ2n) is 12.4. The van der Waals surface area contributed by atoms with E-state index < -0.39 is 24.2 Å². The molecule has 1 aromatic heterocycles. The van der Waals surface area contributed by atoms with Crippen molar-refractivity contribution in [3.05, 3.63) is 155 Å². The molecule has 1 atom stereocenters. The first-order valence-electron chi connectivity index (χ1n) is 16.3. The molecular formula is C41H32N2O6. The van der Waals surface area contributed by atoms with Gasteiger partial charge in [-0.05, 0) is 56.1 Å². The molecule has 2 aliphatic carbocycles. The van der Waals surface area contributed by atoms with Crippen LogP contribution in [0.2, 0.25) is 0 Å². The second-order valence-corrected chi connectivity index (χ2v) is 12.4. The van der Waals surface area contributed by atoms with Gasteiger partial charge in [-0.2, -0.15) is 4.90 Å². The number of aromatic amines is 1. The van der Waals surface area contributed by atoms with Crippen LogP contribution in [-0.2, 0) is 20.7 Å². The summed E-state index contributed by atoms with van der Waals surface area (Å²) in [5, 5.41) is 11.3. The Morgan fingerprint density at radius 1 is 0.612 bits per heavy atom. The Labute approximate surface area is 282 Å². The van der Waals surface area contributed by atoms with Crippen molar-refractivity contribution >= 4 is 29.1 Å². The summed E-state index contributed by atoms with van der Waals surface area (Å²) in [7, 11) is 0. The van der Waals surface area contributed by atoms with Crippen LogP contribution in [0.5, 0.6) is 0 Å². The van der Waals surface area contributed by atoms with Gasteiger partial charge in [-0.3, -0.25) is 0 Å². The third-order valence-corrected chi connectivity index (χ3v) is 9.75. The van der Waals surface area contributed by atoms with Crippen LogP contribution in [0.15, 0.2) is 128 Å². The number of ether oxygens (including phenoxy) is 2. The molecule has 2 amide bonds. The van der Waals surface area contributed by atoms with E-state index in [2.05, 4.69) is 4.98 Å². The number of nitrogens with zero attached hydrogens (tertiary/aromatic N) is 1. The number of fused-ring (bicyclic) bond motifs is 7. The van der Waals surface area contributed by atoms with E-state index in [0.717, 1.165) is 55.4 Å². The molecule has 49 heavy (non-hydrogen) atoms. The Kier molecular flexibility index (Phi) is 7.68. The number of para-hydroxylation sites is 1. The third kappa shape index (κ3) is 5.31. The van der Waals surface area contributed by atoms with Gasteiger partial charge in [0.1, 0.15) is 19.3 Å². The minimum absolute atomic E-state index is 0.0839. The molecular weight excluding hydrogens is 616 g/mol. The first kappa shape index (κ1) is 30.2. The van der Waals surface area contributed by atoms with E-state index in [1.807, 2.05) is 121 Å². The first-order valence-corrected chi connectivity index (χ1v) is 16.3. The molecule has 0 aliphatic heterocycles. The van der Waals surface area contributed by atoms with Crippen molar-refractivity contribution in [3.8, 4) is 22.3 Å². The Morgan fingerprint density at radius 2 is 1.02 bits per heavy atom. The number of amides is 2. The molecule has 6 aromatic rings. The Bertz CT molecular complexity index is 2040. The van der Waals surface area contributed by atoms with Gasteiger partial charge in [0.25, 0.3) is 0 Å². The van der Waals surface area contributed by atoms with Gasteiger partial charge in [0.15, 0.2) is 0 Å². The zero-order valence-corrected chi connectivity index (χ0v) is 26.4. The predicted octanol–water partition coefficient (Wildman–Crippen LogP) is 8.36. The fraction of sp³-hybridized carbons (Fsp3) is 0.146. The number of hydrogen-bond donors (Lipinski definition) is 2. The zero-order valence-electron chi connectivity index (χ0n) is 26.4. The van der Waals surface area contributed by atoms with Crippen molar-refractivity contribution in [2.75, 3.05) is 13.2 Å². The minimum Gasteiger partial charge on any atom is -0.480 e. The standard InChI is InChI=1S/C41H32N2O6/c44-39(45)38(21-25-22-42-37-20-10-9-11-26(25)37)43(40(46)48-23-35-31-16-5-1-12-27(31)28-13-2-6-17-32(28)35)41(47)49-24-36-33-18-7-3-14-29(33)30-15-4-8-19-34(30)36/h1-20,22,35-36,38,42H,21,23-24H2,(H,44,45)/t38-/m0/s1. The van der Waals surface area contributed by atoms with Gasteiger partial charge in [-0.1, -0.05) is 115 Å². The van der Waals surface area contributed by atoms with Crippen molar-refractivity contribution in [2.24, 2.45) is 0 Å². The van der Waals surface area contributed by atoms with Gasteiger partial charge in [0.2, 0.25) is 0 Å². The summed E-state index contributed by atoms with van der Waals surface area (Å²) in [6, 6.07) is 37.6. The number of carbonyl (C=O) groups excluding carboxylic acids is 2. The van der Waals surface area contributed by atoms with Gasteiger partial charge < -0.3 is 19.6 Å². The highest BCUT2D eigenvalue weighted by atomic mass is 16.6. The number of aliphatic carboxylic acids is 1. The SMILES string of the molecule is O=C(O)[C@H](Cc1c[nH]c2ccccc12)N(C(=O)OCC1c2ccccc2-c2ccccc21)C(=O)OCC1c2ccccc2-c2ccccc21. The second kappa shape index (κ2) is 12.5. The van der Waals surface area contributed by atoms with Gasteiger partial charge in [-0.15, -0.1) is 0 Å². The quantitative estimate of drug-likeness (QED) is 0.172. The summed E-state index contributed by atoms with van der Waals surface area (Å²) >= 11 is 0. The highest BCUT2D eigenvalue weighted by molar-refractivity contribution is 5.94. The highest BCUT2D eigenvalue weighted by Crippen LogP contribution is 2.46. The number of hydrogen-bond acceptors (Lipinski definition) is 5. The Balaban J connectivity index is 1.09. The highest BCUT2D eigenvalue weighted by Gasteiger charge is 2.40. The summed E-state index contributed by atoms with van der Waals surface area (Å²) in [4.78, 5) is 44.8. The number of rotatable bonds is 8. The maximum atomic E-state index is 14.0. The fourth-order valence-corrected chi connectivity index (χ4v) is 7.45. The molecule has 8 heteroatoms. The van der Waals surface area contributed by atoms with Crippen LogP contribution in [0.4, 0.5) is 9.59 Å². The summed E-state index contributed by atoms with van der Waals surface area (Å²) < 4.78 is 11.7. The van der Waals surface area contributed by atoms with E-state index >= 15 is 0 Å². The average Bonchev–Trinajstić information content (AvgIpc) is 3.79. The number of imide groups is 1. The normalized spacial score (nSPS) is 13.6. The molecule has 2 N–H and O–H groups in total. The van der Waals surface area contributed by atoms with Crippen LogP contribution in [0, 0.1) is 0 Å². The maximum Gasteiger partial charge on any atom is 0.420 e. The number of carboxylic acids is 1. The summed E-state index contributed by atoms with van der Waals surface area (Å²) in [5.74, 6) is -1.91. The first-order chi connectivity index (χ1) is 24.0. The lowest BCUT2D eigenvalue weighted by Gasteiger charge is -2.27. The van der Waals surface area contributed by atoms with Crippen LogP contribution in [0.3, 0.4) is 0 Å². The van der Waals surface area contributed by atoms with Crippen LogP contribution in [-0.4, -0.2) is 52.4 Å². The smallest absolute Gasteiger partial charge is 0.420 e. The summed E-state index contributed by atoms with van der Waals surface area (Å²) in [5.41, 5.74) is 9.66. The van der Waals surface area contributed by atoms with Gasteiger partial charge in [-0.25, -0.2) is 14.4 Å². The van der Waals surface area contributed by atoms with Crippen LogP contribution in [0.25, 0.3) is 33.2 Å². The van der Waals surface area contributed by atoms with E-state index in [1.165, 1.54) is 0 Å². The van der Waals surface area contributed by atoms with Crippen LogP contribution in [0.1, 0.15) is 39.7 Å². The molecule has 0 spiro atoms. The largest absolute Gasteiger partial charge is 0.480 e. The van der Waals surface area contributed by atoms with Crippen molar-refractivity contribution in [2.45, 2.75) is 24.3 Å². The number of nitrogens with one attached hydrogen (secondary N) is 1. The van der Waals surface area contributed by atoms with Crippen LogP contribution < -0.4 is 0 Å². The monoisotopic (exact) mass is 648 g/mol. The molecule has 5 aromatic carbocycles. The van der Waals surface area contributed by atoms with E-state index in [9.17, 15) is 19.5 Å². The van der Waals surface area contributed by atoms with Gasteiger partial charge in [0.05, 0.1) is 0 Å². The number of benzene rings is 5. The van der Waals surface area contributed by atoms with E-state index in [4.69, 9.17) is 9.47 Å². The Morgan fingerprint density at radius 3 is 1.47 bits per heavy atom. The van der Waals surface area contributed by atoms with E-state index in [0.29, 0.717) is 10.5 Å². The number of aromatic nitrogens is 1. The number of carboxylic acid groups (broad SMARTS) is 1. The van der Waals surface area contributed by atoms with Gasteiger partial charge in [0, 0.05) is 35.4 Å². The van der Waals surface area contributed by atoms with E-state index in [1.54, 1.807) is 6.20 Å². The molecule has 1 heterocycles. The molecule has 0 saturated heterocycles. The molecule has 8 nitrogen and oxygen atoms in total. The average molecular weight is 649 g/mol. The lowest BCUT2D eigenvalue weighted by Crippen LogP contribution is -2.50. The minimum atomic E-state index is -1.59. The molecule has 2 aliphatic rings. The van der Waals surface area contributed by atoms with Crippen molar-refractivity contribution < 1.29 is 29.0 Å². The molecule has 0 radical (unpaired) electrons. The Hall–Kier alpha value is -6.15. The maximum absolute atomic E-state index is 14.0. The van der Waals surface area contributed by atoms with E-state index in [-0.39, 0.29) is 31.5 Å². The molecule has 0 fully saturated rings. The molecule has 0 bridgehead atoms. The lowest BCUT2D eigenvalue weighted by atomic mass is 9.98. The predicted molar refractivity (Wildman–Crippen MR) is 185 cm³/mol. The van der Waals surface area contributed by atoms with Crippen LogP contribution >= 0.6 is 0 Å². The molecule has 8 rings (SSSR count). The summed E-state index contributed by atoms with van der Waals surface area (Å²) in [6.07, 6.45) is -0.597. The summed E-state index contributed by atoms with van der Waals surface area (Å²) in [6.45, 7) is -0.168. The zero-order chi connectivity index (χ0) is 33.5. The lowest BCUT2D eigenvalue weighted by molar-refractivity contribution is -0.142.